The van der Waals surface area contributed by atoms with Crippen molar-refractivity contribution in [1.29, 1.82) is 0 Å². The van der Waals surface area contributed by atoms with Crippen LogP contribution in [-0.2, 0) is 4.74 Å². The highest BCUT2D eigenvalue weighted by Gasteiger charge is 2.18. The molecule has 8 heteroatoms. The van der Waals surface area contributed by atoms with Gasteiger partial charge in [-0.25, -0.2) is 19.2 Å². The topological polar surface area (TPSA) is 64.1 Å². The molecule has 25 heavy (non-hydrogen) atoms. The number of esters is 1. The van der Waals surface area contributed by atoms with E-state index in [0.717, 1.165) is 5.69 Å². The summed E-state index contributed by atoms with van der Waals surface area (Å²) in [6.45, 7) is 1.83. The summed E-state index contributed by atoms with van der Waals surface area (Å²) in [5, 5.41) is 3.47. The molecule has 0 radical (unpaired) electrons. The molecule has 1 N–H and O–H groups in total. The maximum atomic E-state index is 14.2. The number of ether oxygens (including phenoxy) is 1. The number of nitrogens with zero attached hydrogens (tertiary/aromatic N) is 2. The SMILES string of the molecule is COC(=O)c1cnc2nc(C)ccc2c1Nc1cccc(Cl)c1F.Cl. The molecule has 130 valence electrons. The zero-order valence-electron chi connectivity index (χ0n) is 13.3. The molecule has 0 unspecified atom stereocenters. The van der Waals surface area contributed by atoms with E-state index in [9.17, 15) is 9.18 Å². The van der Waals surface area contributed by atoms with Crippen LogP contribution < -0.4 is 5.32 Å². The van der Waals surface area contributed by atoms with Crippen LogP contribution >= 0.6 is 24.0 Å². The summed E-state index contributed by atoms with van der Waals surface area (Å²) in [5.41, 5.74) is 1.89. The second-order valence-corrected chi connectivity index (χ2v) is 5.50. The van der Waals surface area contributed by atoms with Crippen LogP contribution in [0.3, 0.4) is 0 Å². The second-order valence-electron chi connectivity index (χ2n) is 5.09. The molecule has 2 heterocycles. The summed E-state index contributed by atoms with van der Waals surface area (Å²) in [7, 11) is 1.27. The highest BCUT2D eigenvalue weighted by Crippen LogP contribution is 2.31. The van der Waals surface area contributed by atoms with E-state index in [4.69, 9.17) is 16.3 Å². The highest BCUT2D eigenvalue weighted by atomic mass is 35.5. The molecule has 3 aromatic rings. The minimum atomic E-state index is -0.611. The summed E-state index contributed by atoms with van der Waals surface area (Å²) >= 11 is 5.82. The Morgan fingerprint density at radius 2 is 2.04 bits per heavy atom. The van der Waals surface area contributed by atoms with Gasteiger partial charge in [0, 0.05) is 17.3 Å². The number of carbonyl (C=O) groups excluding carboxylic acids is 1. The van der Waals surface area contributed by atoms with Crippen molar-refractivity contribution in [1.82, 2.24) is 9.97 Å². The number of hydrogen-bond acceptors (Lipinski definition) is 5. The van der Waals surface area contributed by atoms with Crippen molar-refractivity contribution in [3.05, 3.63) is 58.6 Å². The number of anilines is 2. The van der Waals surface area contributed by atoms with Gasteiger partial charge in [-0.3, -0.25) is 0 Å². The van der Waals surface area contributed by atoms with Crippen molar-refractivity contribution < 1.29 is 13.9 Å². The first-order valence-electron chi connectivity index (χ1n) is 7.07. The van der Waals surface area contributed by atoms with Crippen molar-refractivity contribution >= 4 is 52.4 Å². The van der Waals surface area contributed by atoms with Gasteiger partial charge in [0.1, 0.15) is 5.56 Å². The molecule has 0 saturated heterocycles. The van der Waals surface area contributed by atoms with E-state index in [-0.39, 0.29) is 28.7 Å². The molecular formula is C17H14Cl2FN3O2. The molecule has 2 aromatic heterocycles. The molecule has 0 atom stereocenters. The van der Waals surface area contributed by atoms with Gasteiger partial charge in [-0.2, -0.15) is 0 Å². The average Bonchev–Trinajstić information content (AvgIpc) is 2.58. The number of halogens is 3. The maximum absolute atomic E-state index is 14.2. The highest BCUT2D eigenvalue weighted by molar-refractivity contribution is 6.31. The Bertz CT molecular complexity index is 951. The number of carbonyl (C=O) groups is 1. The molecule has 0 bridgehead atoms. The summed E-state index contributed by atoms with van der Waals surface area (Å²) in [6, 6.07) is 8.12. The fourth-order valence-corrected chi connectivity index (χ4v) is 2.48. The van der Waals surface area contributed by atoms with Gasteiger partial charge in [0.05, 0.1) is 23.5 Å². The minimum Gasteiger partial charge on any atom is -0.465 e. The van der Waals surface area contributed by atoms with Crippen LogP contribution in [0, 0.1) is 12.7 Å². The van der Waals surface area contributed by atoms with Gasteiger partial charge < -0.3 is 10.1 Å². The lowest BCUT2D eigenvalue weighted by Crippen LogP contribution is -2.08. The third-order valence-electron chi connectivity index (χ3n) is 3.49. The predicted molar refractivity (Wildman–Crippen MR) is 97.6 cm³/mol. The molecule has 5 nitrogen and oxygen atoms in total. The molecule has 0 amide bonds. The fraction of sp³-hybridized carbons (Fsp3) is 0.118. The Hall–Kier alpha value is -2.44. The van der Waals surface area contributed by atoms with E-state index < -0.39 is 11.8 Å². The van der Waals surface area contributed by atoms with E-state index in [1.165, 1.54) is 25.4 Å². The van der Waals surface area contributed by atoms with Crippen LogP contribution in [0.4, 0.5) is 15.8 Å². The van der Waals surface area contributed by atoms with Gasteiger partial charge in [0.2, 0.25) is 0 Å². The van der Waals surface area contributed by atoms with Crippen molar-refractivity contribution in [2.24, 2.45) is 0 Å². The third kappa shape index (κ3) is 3.65. The van der Waals surface area contributed by atoms with Crippen molar-refractivity contribution in [2.45, 2.75) is 6.92 Å². The van der Waals surface area contributed by atoms with E-state index in [1.807, 2.05) is 6.92 Å². The first kappa shape index (κ1) is 18.9. The van der Waals surface area contributed by atoms with Crippen LogP contribution in [0.15, 0.2) is 36.5 Å². The molecule has 0 saturated carbocycles. The number of aromatic nitrogens is 2. The summed E-state index contributed by atoms with van der Waals surface area (Å²) in [4.78, 5) is 20.5. The monoisotopic (exact) mass is 381 g/mol. The predicted octanol–water partition coefficient (Wildman–Crippen LogP) is 4.68. The second kappa shape index (κ2) is 7.63. The van der Waals surface area contributed by atoms with Crippen molar-refractivity contribution in [3.63, 3.8) is 0 Å². The zero-order valence-corrected chi connectivity index (χ0v) is 14.9. The quantitative estimate of drug-likeness (QED) is 0.667. The zero-order chi connectivity index (χ0) is 17.3. The number of aryl methyl sites for hydroxylation is 1. The Labute approximate surface area is 154 Å². The average molecular weight is 382 g/mol. The van der Waals surface area contributed by atoms with E-state index >= 15 is 0 Å². The largest absolute Gasteiger partial charge is 0.465 e. The van der Waals surface area contributed by atoms with E-state index in [2.05, 4.69) is 15.3 Å². The van der Waals surface area contributed by atoms with Crippen LogP contribution in [0.2, 0.25) is 5.02 Å². The van der Waals surface area contributed by atoms with Gasteiger partial charge in [-0.1, -0.05) is 17.7 Å². The standard InChI is InChI=1S/C17H13ClFN3O2.ClH/c1-9-6-7-10-15(22-13-5-3-4-12(18)14(13)19)11(17(23)24-2)8-20-16(10)21-9;/h3-8H,1-2H3,(H,20,21,22);1H. The van der Waals surface area contributed by atoms with Crippen molar-refractivity contribution in [2.75, 3.05) is 12.4 Å². The number of fused-ring (bicyclic) bond motifs is 1. The van der Waals surface area contributed by atoms with Crippen LogP contribution in [0.25, 0.3) is 11.0 Å². The summed E-state index contributed by atoms with van der Waals surface area (Å²) in [5.74, 6) is -1.20. The van der Waals surface area contributed by atoms with Gasteiger partial charge >= 0.3 is 5.97 Å². The molecule has 0 aliphatic carbocycles. The number of nitrogens with one attached hydrogen (secondary N) is 1. The third-order valence-corrected chi connectivity index (χ3v) is 3.78. The molecule has 1 aromatic carbocycles. The Balaban J connectivity index is 0.00000225. The molecule has 0 aliphatic rings. The van der Waals surface area contributed by atoms with E-state index in [0.29, 0.717) is 16.7 Å². The molecule has 0 fully saturated rings. The first-order chi connectivity index (χ1) is 11.5. The lowest BCUT2D eigenvalue weighted by Gasteiger charge is -2.14. The maximum Gasteiger partial charge on any atom is 0.341 e. The van der Waals surface area contributed by atoms with Gasteiger partial charge in [-0.05, 0) is 31.2 Å². The fourth-order valence-electron chi connectivity index (χ4n) is 2.31. The Morgan fingerprint density at radius 3 is 2.76 bits per heavy atom. The van der Waals surface area contributed by atoms with Crippen LogP contribution in [0.5, 0.6) is 0 Å². The summed E-state index contributed by atoms with van der Waals surface area (Å²) in [6.07, 6.45) is 1.35. The van der Waals surface area contributed by atoms with Gasteiger partial charge in [0.25, 0.3) is 0 Å². The number of hydrogen-bond donors (Lipinski definition) is 1. The minimum absolute atomic E-state index is 0. The smallest absolute Gasteiger partial charge is 0.341 e. The lowest BCUT2D eigenvalue weighted by atomic mass is 10.1. The van der Waals surface area contributed by atoms with Crippen LogP contribution in [-0.4, -0.2) is 23.0 Å². The van der Waals surface area contributed by atoms with E-state index in [1.54, 1.807) is 18.2 Å². The number of pyridine rings is 2. The number of rotatable bonds is 3. The first-order valence-corrected chi connectivity index (χ1v) is 7.44. The number of benzene rings is 1. The van der Waals surface area contributed by atoms with Crippen LogP contribution in [0.1, 0.15) is 16.1 Å². The lowest BCUT2D eigenvalue weighted by molar-refractivity contribution is 0.0601. The molecular weight excluding hydrogens is 368 g/mol. The molecule has 0 aliphatic heterocycles. The molecule has 0 spiro atoms. The summed E-state index contributed by atoms with van der Waals surface area (Å²) < 4.78 is 19.0. The van der Waals surface area contributed by atoms with Gasteiger partial charge in [-0.15, -0.1) is 12.4 Å². The number of methoxy groups -OCH3 is 1. The van der Waals surface area contributed by atoms with Gasteiger partial charge in [0.15, 0.2) is 11.5 Å². The Kier molecular flexibility index (Phi) is 5.77. The normalized spacial score (nSPS) is 10.2. The van der Waals surface area contributed by atoms with Crippen molar-refractivity contribution in [3.8, 4) is 0 Å². The molecule has 3 rings (SSSR count). The Morgan fingerprint density at radius 1 is 1.28 bits per heavy atom.